The van der Waals surface area contributed by atoms with Crippen molar-refractivity contribution in [2.75, 3.05) is 0 Å². The highest BCUT2D eigenvalue weighted by atomic mass is 19.1. The van der Waals surface area contributed by atoms with Gasteiger partial charge in [-0.25, -0.2) is 9.37 Å². The molecule has 0 bridgehead atoms. The molecule has 1 aromatic heterocycles. The van der Waals surface area contributed by atoms with Gasteiger partial charge in [0, 0.05) is 12.5 Å². The summed E-state index contributed by atoms with van der Waals surface area (Å²) in [7, 11) is 0. The van der Waals surface area contributed by atoms with Crippen molar-refractivity contribution in [3.8, 4) is 5.69 Å². The molecule has 0 amide bonds. The van der Waals surface area contributed by atoms with Gasteiger partial charge in [-0.2, -0.15) is 0 Å². The minimum Gasteiger partial charge on any atom is -0.268 e. The number of fused-ring (bicyclic) bond motifs is 1. The number of nitrogens with zero attached hydrogens (tertiary/aromatic N) is 2. The lowest BCUT2D eigenvalue weighted by atomic mass is 10.1. The van der Waals surface area contributed by atoms with Crippen molar-refractivity contribution in [1.29, 1.82) is 0 Å². The summed E-state index contributed by atoms with van der Waals surface area (Å²) < 4.78 is 15.4. The summed E-state index contributed by atoms with van der Waals surface area (Å²) in [4.78, 5) is 17.5. The van der Waals surface area contributed by atoms with Crippen LogP contribution >= 0.6 is 0 Å². The van der Waals surface area contributed by atoms with E-state index in [4.69, 9.17) is 0 Å². The Hall–Kier alpha value is -2.49. The molecule has 0 spiro atoms. The van der Waals surface area contributed by atoms with Crippen molar-refractivity contribution in [2.24, 2.45) is 0 Å². The number of halogens is 1. The van der Waals surface area contributed by atoms with Crippen LogP contribution in [0.5, 0.6) is 0 Å². The SMILES string of the molecule is CCc1nc2cc(F)c(C)cc2c(=O)n1-c1cc(C)cc(C)c1. The molecule has 0 saturated heterocycles. The topological polar surface area (TPSA) is 34.9 Å². The van der Waals surface area contributed by atoms with Crippen LogP contribution in [0, 0.1) is 26.6 Å². The van der Waals surface area contributed by atoms with Crippen molar-refractivity contribution < 1.29 is 4.39 Å². The summed E-state index contributed by atoms with van der Waals surface area (Å²) in [5, 5.41) is 0.445. The third-order valence-corrected chi connectivity index (χ3v) is 4.00. The highest BCUT2D eigenvalue weighted by Gasteiger charge is 2.14. The first-order valence-electron chi connectivity index (χ1n) is 7.71. The number of rotatable bonds is 2. The van der Waals surface area contributed by atoms with Crippen LogP contribution in [0.2, 0.25) is 0 Å². The van der Waals surface area contributed by atoms with Gasteiger partial charge in [0.25, 0.3) is 5.56 Å². The predicted molar refractivity (Wildman–Crippen MR) is 90.9 cm³/mol. The molecule has 23 heavy (non-hydrogen) atoms. The van der Waals surface area contributed by atoms with Crippen LogP contribution in [-0.4, -0.2) is 9.55 Å². The molecule has 4 heteroatoms. The van der Waals surface area contributed by atoms with Crippen LogP contribution in [0.15, 0.2) is 35.1 Å². The lowest BCUT2D eigenvalue weighted by Crippen LogP contribution is -2.24. The molecule has 0 saturated carbocycles. The van der Waals surface area contributed by atoms with Crippen LogP contribution in [0.1, 0.15) is 29.4 Å². The molecule has 0 atom stereocenters. The molecular weight excluding hydrogens is 291 g/mol. The van der Waals surface area contributed by atoms with Crippen molar-refractivity contribution >= 4 is 10.9 Å². The van der Waals surface area contributed by atoms with Crippen molar-refractivity contribution in [3.05, 3.63) is 69.0 Å². The van der Waals surface area contributed by atoms with Gasteiger partial charge >= 0.3 is 0 Å². The highest BCUT2D eigenvalue weighted by Crippen LogP contribution is 2.19. The maximum atomic E-state index is 13.8. The predicted octanol–water partition coefficient (Wildman–Crippen LogP) is 4.01. The molecule has 1 heterocycles. The summed E-state index contributed by atoms with van der Waals surface area (Å²) in [5.41, 5.74) is 3.69. The zero-order valence-electron chi connectivity index (χ0n) is 13.8. The van der Waals surface area contributed by atoms with E-state index < -0.39 is 0 Å². The first kappa shape index (κ1) is 15.4. The second kappa shape index (κ2) is 5.61. The van der Waals surface area contributed by atoms with Crippen molar-refractivity contribution in [1.82, 2.24) is 9.55 Å². The molecule has 0 fully saturated rings. The van der Waals surface area contributed by atoms with E-state index in [-0.39, 0.29) is 11.4 Å². The van der Waals surface area contributed by atoms with Crippen molar-refractivity contribution in [2.45, 2.75) is 34.1 Å². The van der Waals surface area contributed by atoms with E-state index in [9.17, 15) is 9.18 Å². The molecule has 0 N–H and O–H groups in total. The summed E-state index contributed by atoms with van der Waals surface area (Å²) >= 11 is 0. The monoisotopic (exact) mass is 310 g/mol. The third-order valence-electron chi connectivity index (χ3n) is 4.00. The molecule has 0 radical (unpaired) electrons. The Morgan fingerprint density at radius 3 is 2.30 bits per heavy atom. The number of hydrogen-bond donors (Lipinski definition) is 0. The Labute approximate surface area is 134 Å². The molecule has 3 rings (SSSR count). The molecule has 3 nitrogen and oxygen atoms in total. The Kier molecular flexibility index (Phi) is 3.76. The largest absolute Gasteiger partial charge is 0.268 e. The average molecular weight is 310 g/mol. The first-order valence-corrected chi connectivity index (χ1v) is 7.71. The van der Waals surface area contributed by atoms with Gasteiger partial charge in [0.2, 0.25) is 0 Å². The van der Waals surface area contributed by atoms with Crippen LogP contribution in [0.3, 0.4) is 0 Å². The van der Waals surface area contributed by atoms with Gasteiger partial charge in [-0.15, -0.1) is 0 Å². The van der Waals surface area contributed by atoms with Gasteiger partial charge in [0.1, 0.15) is 11.6 Å². The van der Waals surface area contributed by atoms with Gasteiger partial charge in [-0.1, -0.05) is 13.0 Å². The van der Waals surface area contributed by atoms with Gasteiger partial charge in [0.15, 0.2) is 0 Å². The second-order valence-corrected chi connectivity index (χ2v) is 5.99. The van der Waals surface area contributed by atoms with Crippen LogP contribution in [0.25, 0.3) is 16.6 Å². The fraction of sp³-hybridized carbons (Fsp3) is 0.263. The first-order chi connectivity index (χ1) is 10.9. The van der Waals surface area contributed by atoms with E-state index in [1.54, 1.807) is 17.6 Å². The third kappa shape index (κ3) is 2.65. The quantitative estimate of drug-likeness (QED) is 0.717. The second-order valence-electron chi connectivity index (χ2n) is 5.99. The molecule has 0 aliphatic carbocycles. The molecule has 0 unspecified atom stereocenters. The smallest absolute Gasteiger partial charge is 0.265 e. The fourth-order valence-electron chi connectivity index (χ4n) is 2.94. The van der Waals surface area contributed by atoms with Gasteiger partial charge in [-0.3, -0.25) is 9.36 Å². The Morgan fingerprint density at radius 2 is 1.70 bits per heavy atom. The molecule has 0 aliphatic heterocycles. The summed E-state index contributed by atoms with van der Waals surface area (Å²) in [6, 6.07) is 8.93. The Morgan fingerprint density at radius 1 is 1.04 bits per heavy atom. The van der Waals surface area contributed by atoms with Crippen molar-refractivity contribution in [3.63, 3.8) is 0 Å². The summed E-state index contributed by atoms with van der Waals surface area (Å²) in [6.45, 7) is 7.60. The van der Waals surface area contributed by atoms with E-state index in [1.807, 2.05) is 32.9 Å². The minimum absolute atomic E-state index is 0.153. The van der Waals surface area contributed by atoms with E-state index >= 15 is 0 Å². The lowest BCUT2D eigenvalue weighted by Gasteiger charge is -2.14. The number of aromatic nitrogens is 2. The molecule has 3 aromatic rings. The van der Waals surface area contributed by atoms with E-state index in [2.05, 4.69) is 11.1 Å². The van der Waals surface area contributed by atoms with Gasteiger partial charge < -0.3 is 0 Å². The summed E-state index contributed by atoms with van der Waals surface area (Å²) in [6.07, 6.45) is 0.591. The minimum atomic E-state index is -0.337. The molecule has 2 aromatic carbocycles. The van der Waals surface area contributed by atoms with E-state index in [0.717, 1.165) is 16.8 Å². The Bertz CT molecular complexity index is 953. The fourth-order valence-corrected chi connectivity index (χ4v) is 2.94. The lowest BCUT2D eigenvalue weighted by molar-refractivity contribution is 0.620. The Balaban J connectivity index is 2.42. The summed E-state index contributed by atoms with van der Waals surface area (Å²) in [5.74, 6) is 0.298. The van der Waals surface area contributed by atoms with Crippen LogP contribution in [0.4, 0.5) is 4.39 Å². The van der Waals surface area contributed by atoms with E-state index in [1.165, 1.54) is 6.07 Å². The maximum Gasteiger partial charge on any atom is 0.265 e. The van der Waals surface area contributed by atoms with Crippen LogP contribution in [-0.2, 0) is 6.42 Å². The standard InChI is InChI=1S/C19H19FN2O/c1-5-18-21-17-10-16(20)13(4)9-15(17)19(23)22(18)14-7-11(2)6-12(3)8-14/h6-10H,5H2,1-4H3. The number of hydrogen-bond acceptors (Lipinski definition) is 2. The van der Waals surface area contributed by atoms with Crippen LogP contribution < -0.4 is 5.56 Å². The zero-order chi connectivity index (χ0) is 16.7. The average Bonchev–Trinajstić information content (AvgIpc) is 2.48. The zero-order valence-corrected chi connectivity index (χ0v) is 13.8. The normalized spacial score (nSPS) is 11.2. The van der Waals surface area contributed by atoms with Gasteiger partial charge in [0.05, 0.1) is 16.6 Å². The van der Waals surface area contributed by atoms with E-state index in [0.29, 0.717) is 28.7 Å². The maximum absolute atomic E-state index is 13.8. The highest BCUT2D eigenvalue weighted by molar-refractivity contribution is 5.79. The molecule has 118 valence electrons. The van der Waals surface area contributed by atoms with Gasteiger partial charge in [-0.05, 0) is 55.7 Å². The molecule has 0 aliphatic rings. The molecular formula is C19H19FN2O. The number of benzene rings is 2. The number of aryl methyl sites for hydroxylation is 4.